The monoisotopic (exact) mass is 324 g/mol. The standard InChI is InChI=1S/C19H24N4O/c1-3-18(24)23-11-5-7-15(13-23)17-9-10-20-19(22-17)21-16-8-4-6-14(2)12-16/h4,6,8-10,12,15H,3,5,7,11,13H2,1-2H3,(H,20,21,22). The van der Waals surface area contributed by atoms with Gasteiger partial charge in [-0.2, -0.15) is 0 Å². The molecule has 0 spiro atoms. The fourth-order valence-electron chi connectivity index (χ4n) is 3.18. The van der Waals surface area contributed by atoms with E-state index in [0.717, 1.165) is 37.3 Å². The Kier molecular flexibility index (Phi) is 5.08. The number of hydrogen-bond donors (Lipinski definition) is 1. The second-order valence-corrected chi connectivity index (χ2v) is 6.33. The van der Waals surface area contributed by atoms with Crippen LogP contribution in [-0.2, 0) is 4.79 Å². The van der Waals surface area contributed by atoms with Crippen LogP contribution in [0.25, 0.3) is 0 Å². The van der Waals surface area contributed by atoms with E-state index in [9.17, 15) is 4.79 Å². The van der Waals surface area contributed by atoms with Crippen molar-refractivity contribution in [3.8, 4) is 0 Å². The Morgan fingerprint density at radius 2 is 2.25 bits per heavy atom. The van der Waals surface area contributed by atoms with Gasteiger partial charge in [-0.1, -0.05) is 19.1 Å². The highest BCUT2D eigenvalue weighted by molar-refractivity contribution is 5.76. The minimum Gasteiger partial charge on any atom is -0.342 e. The fourth-order valence-corrected chi connectivity index (χ4v) is 3.18. The Labute approximate surface area is 143 Å². The van der Waals surface area contributed by atoms with Gasteiger partial charge >= 0.3 is 0 Å². The first-order valence-electron chi connectivity index (χ1n) is 8.60. The van der Waals surface area contributed by atoms with Crippen LogP contribution in [-0.4, -0.2) is 33.9 Å². The van der Waals surface area contributed by atoms with Gasteiger partial charge in [0.2, 0.25) is 11.9 Å². The normalized spacial score (nSPS) is 17.6. The molecule has 1 fully saturated rings. The lowest BCUT2D eigenvalue weighted by Gasteiger charge is -2.32. The second-order valence-electron chi connectivity index (χ2n) is 6.33. The van der Waals surface area contributed by atoms with Gasteiger partial charge in [-0.25, -0.2) is 9.97 Å². The second kappa shape index (κ2) is 7.43. The lowest BCUT2D eigenvalue weighted by atomic mass is 9.94. The summed E-state index contributed by atoms with van der Waals surface area (Å²) in [5.41, 5.74) is 3.18. The van der Waals surface area contributed by atoms with Gasteiger partial charge in [0, 0.05) is 37.3 Å². The lowest BCUT2D eigenvalue weighted by Crippen LogP contribution is -2.38. The first kappa shape index (κ1) is 16.4. The Morgan fingerprint density at radius 1 is 1.38 bits per heavy atom. The molecular weight excluding hydrogens is 300 g/mol. The van der Waals surface area contributed by atoms with Crippen molar-refractivity contribution in [2.24, 2.45) is 0 Å². The van der Waals surface area contributed by atoms with Crippen LogP contribution in [0.5, 0.6) is 0 Å². The van der Waals surface area contributed by atoms with Gasteiger partial charge in [-0.15, -0.1) is 0 Å². The number of benzene rings is 1. The molecule has 1 atom stereocenters. The number of nitrogens with zero attached hydrogens (tertiary/aromatic N) is 3. The quantitative estimate of drug-likeness (QED) is 0.933. The van der Waals surface area contributed by atoms with Gasteiger partial charge in [0.25, 0.3) is 0 Å². The van der Waals surface area contributed by atoms with Crippen LogP contribution in [0, 0.1) is 6.92 Å². The Bertz CT molecular complexity index is 716. The van der Waals surface area contributed by atoms with E-state index < -0.39 is 0 Å². The van der Waals surface area contributed by atoms with Crippen molar-refractivity contribution in [1.29, 1.82) is 0 Å². The number of carbonyl (C=O) groups is 1. The molecule has 1 amide bonds. The topological polar surface area (TPSA) is 58.1 Å². The Balaban J connectivity index is 1.74. The Morgan fingerprint density at radius 3 is 3.04 bits per heavy atom. The molecule has 0 aliphatic carbocycles. The zero-order valence-electron chi connectivity index (χ0n) is 14.3. The number of piperidine rings is 1. The number of rotatable bonds is 4. The van der Waals surface area contributed by atoms with E-state index in [-0.39, 0.29) is 11.8 Å². The third-order valence-corrected chi connectivity index (χ3v) is 4.45. The molecule has 2 heterocycles. The molecule has 0 bridgehead atoms. The summed E-state index contributed by atoms with van der Waals surface area (Å²) in [5.74, 6) is 1.12. The third-order valence-electron chi connectivity index (χ3n) is 4.45. The van der Waals surface area contributed by atoms with Gasteiger partial charge in [0.15, 0.2) is 0 Å². The maximum absolute atomic E-state index is 12.0. The zero-order valence-corrected chi connectivity index (χ0v) is 14.3. The van der Waals surface area contributed by atoms with E-state index in [1.54, 1.807) is 6.20 Å². The summed E-state index contributed by atoms with van der Waals surface area (Å²) in [7, 11) is 0. The molecule has 1 saturated heterocycles. The fraction of sp³-hybridized carbons (Fsp3) is 0.421. The average molecular weight is 324 g/mol. The number of aromatic nitrogens is 2. The molecule has 5 heteroatoms. The van der Waals surface area contributed by atoms with Gasteiger partial charge in [0.05, 0.1) is 5.69 Å². The molecule has 1 aliphatic heterocycles. The minimum atomic E-state index is 0.229. The van der Waals surface area contributed by atoms with Crippen molar-refractivity contribution in [2.45, 2.75) is 39.0 Å². The molecule has 3 rings (SSSR count). The number of likely N-dealkylation sites (tertiary alicyclic amines) is 1. The maximum Gasteiger partial charge on any atom is 0.227 e. The maximum atomic E-state index is 12.0. The van der Waals surface area contributed by atoms with Crippen molar-refractivity contribution in [3.05, 3.63) is 47.8 Å². The van der Waals surface area contributed by atoms with Crippen molar-refractivity contribution < 1.29 is 4.79 Å². The minimum absolute atomic E-state index is 0.229. The van der Waals surface area contributed by atoms with Crippen molar-refractivity contribution in [3.63, 3.8) is 0 Å². The van der Waals surface area contributed by atoms with Crippen molar-refractivity contribution in [1.82, 2.24) is 14.9 Å². The number of nitrogens with one attached hydrogen (secondary N) is 1. The number of aryl methyl sites for hydroxylation is 1. The SMILES string of the molecule is CCC(=O)N1CCCC(c2ccnc(Nc3cccc(C)c3)n2)C1. The first-order chi connectivity index (χ1) is 11.7. The van der Waals surface area contributed by atoms with Crippen LogP contribution in [0.15, 0.2) is 36.5 Å². The summed E-state index contributed by atoms with van der Waals surface area (Å²) in [6.07, 6.45) is 4.45. The summed E-state index contributed by atoms with van der Waals surface area (Å²) in [6.45, 7) is 5.60. The molecule has 1 unspecified atom stereocenters. The highest BCUT2D eigenvalue weighted by atomic mass is 16.2. The largest absolute Gasteiger partial charge is 0.342 e. The molecule has 126 valence electrons. The molecule has 0 radical (unpaired) electrons. The molecule has 1 aliphatic rings. The van der Waals surface area contributed by atoms with Crippen LogP contribution in [0.2, 0.25) is 0 Å². The van der Waals surface area contributed by atoms with E-state index in [0.29, 0.717) is 12.4 Å². The lowest BCUT2D eigenvalue weighted by molar-refractivity contribution is -0.132. The summed E-state index contributed by atoms with van der Waals surface area (Å²) >= 11 is 0. The average Bonchev–Trinajstić information content (AvgIpc) is 2.61. The van der Waals surface area contributed by atoms with Crippen LogP contribution in [0.4, 0.5) is 11.6 Å². The first-order valence-corrected chi connectivity index (χ1v) is 8.60. The molecule has 0 saturated carbocycles. The van der Waals surface area contributed by atoms with E-state index in [1.165, 1.54) is 5.56 Å². The highest BCUT2D eigenvalue weighted by Gasteiger charge is 2.25. The van der Waals surface area contributed by atoms with Crippen LogP contribution in [0.3, 0.4) is 0 Å². The van der Waals surface area contributed by atoms with Gasteiger partial charge in [-0.3, -0.25) is 4.79 Å². The van der Waals surface area contributed by atoms with Crippen LogP contribution >= 0.6 is 0 Å². The summed E-state index contributed by atoms with van der Waals surface area (Å²) < 4.78 is 0. The van der Waals surface area contributed by atoms with Crippen molar-refractivity contribution in [2.75, 3.05) is 18.4 Å². The third kappa shape index (κ3) is 3.91. The smallest absolute Gasteiger partial charge is 0.227 e. The summed E-state index contributed by atoms with van der Waals surface area (Å²) in [6, 6.07) is 10.1. The van der Waals surface area contributed by atoms with E-state index in [1.807, 2.05) is 30.0 Å². The predicted molar refractivity (Wildman–Crippen MR) is 95.3 cm³/mol. The predicted octanol–water partition coefficient (Wildman–Crippen LogP) is 3.64. The number of amides is 1. The molecule has 1 aromatic carbocycles. The summed E-state index contributed by atoms with van der Waals surface area (Å²) in [5, 5.41) is 3.27. The number of anilines is 2. The zero-order chi connectivity index (χ0) is 16.9. The van der Waals surface area contributed by atoms with Crippen LogP contribution < -0.4 is 5.32 Å². The molecule has 1 N–H and O–H groups in total. The van der Waals surface area contributed by atoms with E-state index in [2.05, 4.69) is 34.3 Å². The van der Waals surface area contributed by atoms with Crippen LogP contribution in [0.1, 0.15) is 43.4 Å². The summed E-state index contributed by atoms with van der Waals surface area (Å²) in [4.78, 5) is 22.9. The van der Waals surface area contributed by atoms with Gasteiger partial charge in [-0.05, 0) is 43.5 Å². The van der Waals surface area contributed by atoms with Gasteiger partial charge in [0.1, 0.15) is 0 Å². The number of hydrogen-bond acceptors (Lipinski definition) is 4. The van der Waals surface area contributed by atoms with Gasteiger partial charge < -0.3 is 10.2 Å². The Hall–Kier alpha value is -2.43. The molecular formula is C19H24N4O. The molecule has 24 heavy (non-hydrogen) atoms. The molecule has 1 aromatic heterocycles. The van der Waals surface area contributed by atoms with Crippen molar-refractivity contribution >= 4 is 17.5 Å². The van der Waals surface area contributed by atoms with E-state index in [4.69, 9.17) is 0 Å². The molecule has 2 aromatic rings. The highest BCUT2D eigenvalue weighted by Crippen LogP contribution is 2.26. The number of carbonyl (C=O) groups excluding carboxylic acids is 1. The molecule has 5 nitrogen and oxygen atoms in total. The van der Waals surface area contributed by atoms with E-state index >= 15 is 0 Å².